The third-order valence-electron chi connectivity index (χ3n) is 3.96. The molecule has 2 heteroatoms. The van der Waals surface area contributed by atoms with E-state index >= 15 is 0 Å². The van der Waals surface area contributed by atoms with Gasteiger partial charge in [0.15, 0.2) is 0 Å². The molecule has 1 saturated carbocycles. The standard InChI is InChI=1S/C16H23NO/c1-3-17(15-10-6-4-8-13(15)2)12-14-9-5-7-11-16(14)18/h4,6,8,10,14H,3,5,7,9,11-12H2,1-2H3. The Bertz CT molecular complexity index is 413. The summed E-state index contributed by atoms with van der Waals surface area (Å²) < 4.78 is 0. The largest absolute Gasteiger partial charge is 0.371 e. The number of carbonyl (C=O) groups excluding carboxylic acids is 1. The van der Waals surface area contributed by atoms with Gasteiger partial charge in [0.2, 0.25) is 0 Å². The summed E-state index contributed by atoms with van der Waals surface area (Å²) in [5, 5.41) is 0. The smallest absolute Gasteiger partial charge is 0.137 e. The molecule has 0 saturated heterocycles. The minimum Gasteiger partial charge on any atom is -0.371 e. The number of ketones is 1. The molecule has 1 unspecified atom stereocenters. The van der Waals surface area contributed by atoms with Crippen molar-refractivity contribution in [3.8, 4) is 0 Å². The molecule has 98 valence electrons. The molecular weight excluding hydrogens is 222 g/mol. The van der Waals surface area contributed by atoms with Crippen molar-refractivity contribution in [3.63, 3.8) is 0 Å². The fourth-order valence-corrected chi connectivity index (χ4v) is 2.83. The van der Waals surface area contributed by atoms with E-state index in [-0.39, 0.29) is 5.92 Å². The molecule has 18 heavy (non-hydrogen) atoms. The van der Waals surface area contributed by atoms with Crippen molar-refractivity contribution < 1.29 is 4.79 Å². The second kappa shape index (κ2) is 6.03. The van der Waals surface area contributed by atoms with Crippen molar-refractivity contribution >= 4 is 11.5 Å². The summed E-state index contributed by atoms with van der Waals surface area (Å²) in [6.07, 6.45) is 4.16. The van der Waals surface area contributed by atoms with Crippen LogP contribution < -0.4 is 4.90 Å². The summed E-state index contributed by atoms with van der Waals surface area (Å²) in [6.45, 7) is 6.16. The first-order chi connectivity index (χ1) is 8.72. The van der Waals surface area contributed by atoms with E-state index in [1.54, 1.807) is 0 Å². The lowest BCUT2D eigenvalue weighted by Crippen LogP contribution is -2.35. The lowest BCUT2D eigenvalue weighted by atomic mass is 9.87. The Morgan fingerprint density at radius 2 is 2.06 bits per heavy atom. The predicted octanol–water partition coefficient (Wildman–Crippen LogP) is 3.58. The number of anilines is 1. The van der Waals surface area contributed by atoms with Gasteiger partial charge in [-0.05, 0) is 38.3 Å². The molecule has 1 atom stereocenters. The number of hydrogen-bond donors (Lipinski definition) is 0. The molecule has 0 spiro atoms. The summed E-state index contributed by atoms with van der Waals surface area (Å²) in [5.74, 6) is 0.714. The molecule has 1 aliphatic rings. The zero-order chi connectivity index (χ0) is 13.0. The molecule has 1 aromatic carbocycles. The molecule has 1 aliphatic carbocycles. The van der Waals surface area contributed by atoms with Gasteiger partial charge in [-0.1, -0.05) is 24.6 Å². The van der Waals surface area contributed by atoms with Gasteiger partial charge in [-0.2, -0.15) is 0 Å². The van der Waals surface area contributed by atoms with Crippen molar-refractivity contribution in [1.29, 1.82) is 0 Å². The first-order valence-corrected chi connectivity index (χ1v) is 7.05. The number of hydrogen-bond acceptors (Lipinski definition) is 2. The second-order valence-corrected chi connectivity index (χ2v) is 5.23. The van der Waals surface area contributed by atoms with E-state index in [4.69, 9.17) is 0 Å². The molecule has 0 N–H and O–H groups in total. The van der Waals surface area contributed by atoms with Gasteiger partial charge < -0.3 is 4.90 Å². The Hall–Kier alpha value is -1.31. The number of Topliss-reactive ketones (excluding diaryl/α,β-unsaturated/α-hetero) is 1. The summed E-state index contributed by atoms with van der Waals surface area (Å²) in [6, 6.07) is 8.44. The van der Waals surface area contributed by atoms with Crippen LogP contribution in [0.25, 0.3) is 0 Å². The molecule has 2 nitrogen and oxygen atoms in total. The van der Waals surface area contributed by atoms with Crippen LogP contribution in [-0.2, 0) is 4.79 Å². The highest BCUT2D eigenvalue weighted by molar-refractivity contribution is 5.82. The molecule has 0 bridgehead atoms. The number of aryl methyl sites for hydroxylation is 1. The SMILES string of the molecule is CCN(CC1CCCCC1=O)c1ccccc1C. The van der Waals surface area contributed by atoms with Crippen molar-refractivity contribution in [1.82, 2.24) is 0 Å². The Labute approximate surface area is 110 Å². The molecule has 0 radical (unpaired) electrons. The van der Waals surface area contributed by atoms with Crippen LogP contribution in [0.4, 0.5) is 5.69 Å². The maximum absolute atomic E-state index is 11.9. The van der Waals surface area contributed by atoms with Crippen LogP contribution in [-0.4, -0.2) is 18.9 Å². The average Bonchev–Trinajstić information content (AvgIpc) is 2.39. The summed E-state index contributed by atoms with van der Waals surface area (Å²) in [4.78, 5) is 14.3. The van der Waals surface area contributed by atoms with Crippen molar-refractivity contribution in [2.45, 2.75) is 39.5 Å². The van der Waals surface area contributed by atoms with Gasteiger partial charge in [-0.3, -0.25) is 4.79 Å². The van der Waals surface area contributed by atoms with Gasteiger partial charge in [0.1, 0.15) is 5.78 Å². The van der Waals surface area contributed by atoms with Crippen LogP contribution >= 0.6 is 0 Å². The Balaban J connectivity index is 2.09. The maximum Gasteiger partial charge on any atom is 0.137 e. The normalized spacial score (nSPS) is 19.9. The first-order valence-electron chi connectivity index (χ1n) is 7.05. The van der Waals surface area contributed by atoms with Crippen LogP contribution in [0.2, 0.25) is 0 Å². The van der Waals surface area contributed by atoms with E-state index in [0.717, 1.165) is 32.4 Å². The molecule has 0 aromatic heterocycles. The fourth-order valence-electron chi connectivity index (χ4n) is 2.83. The predicted molar refractivity (Wildman–Crippen MR) is 76.0 cm³/mol. The topological polar surface area (TPSA) is 20.3 Å². The van der Waals surface area contributed by atoms with Crippen molar-refractivity contribution in [2.75, 3.05) is 18.0 Å². The second-order valence-electron chi connectivity index (χ2n) is 5.23. The van der Waals surface area contributed by atoms with Crippen LogP contribution in [0.3, 0.4) is 0 Å². The van der Waals surface area contributed by atoms with Crippen LogP contribution in [0.1, 0.15) is 38.2 Å². The average molecular weight is 245 g/mol. The number of nitrogens with zero attached hydrogens (tertiary/aromatic N) is 1. The van der Waals surface area contributed by atoms with E-state index in [1.165, 1.54) is 17.7 Å². The monoisotopic (exact) mass is 245 g/mol. The zero-order valence-corrected chi connectivity index (χ0v) is 11.5. The van der Waals surface area contributed by atoms with Gasteiger partial charge >= 0.3 is 0 Å². The minimum absolute atomic E-state index is 0.248. The molecule has 1 aromatic rings. The molecule has 0 amide bonds. The Morgan fingerprint density at radius 1 is 1.28 bits per heavy atom. The first kappa shape index (κ1) is 13.1. The van der Waals surface area contributed by atoms with Crippen molar-refractivity contribution in [2.24, 2.45) is 5.92 Å². The molecule has 0 heterocycles. The van der Waals surface area contributed by atoms with Gasteiger partial charge in [-0.25, -0.2) is 0 Å². The van der Waals surface area contributed by atoms with Crippen LogP contribution in [0.5, 0.6) is 0 Å². The van der Waals surface area contributed by atoms with E-state index < -0.39 is 0 Å². The number of carbonyl (C=O) groups is 1. The van der Waals surface area contributed by atoms with Crippen LogP contribution in [0.15, 0.2) is 24.3 Å². The van der Waals surface area contributed by atoms with E-state index in [0.29, 0.717) is 5.78 Å². The van der Waals surface area contributed by atoms with E-state index in [2.05, 4.69) is 43.0 Å². The van der Waals surface area contributed by atoms with E-state index in [1.807, 2.05) is 0 Å². The Kier molecular flexibility index (Phi) is 4.40. The molecule has 0 aliphatic heterocycles. The fraction of sp³-hybridized carbons (Fsp3) is 0.562. The molecule has 2 rings (SSSR count). The van der Waals surface area contributed by atoms with Gasteiger partial charge in [0.05, 0.1) is 0 Å². The lowest BCUT2D eigenvalue weighted by Gasteiger charge is -2.30. The number of para-hydroxylation sites is 1. The van der Waals surface area contributed by atoms with Gasteiger partial charge in [0.25, 0.3) is 0 Å². The lowest BCUT2D eigenvalue weighted by molar-refractivity contribution is -0.124. The minimum atomic E-state index is 0.248. The maximum atomic E-state index is 11.9. The van der Waals surface area contributed by atoms with E-state index in [9.17, 15) is 4.79 Å². The zero-order valence-electron chi connectivity index (χ0n) is 11.5. The summed E-state index contributed by atoms with van der Waals surface area (Å²) >= 11 is 0. The van der Waals surface area contributed by atoms with Crippen LogP contribution in [0, 0.1) is 12.8 Å². The molecule has 1 fully saturated rings. The highest BCUT2D eigenvalue weighted by Crippen LogP contribution is 2.25. The Morgan fingerprint density at radius 3 is 2.72 bits per heavy atom. The van der Waals surface area contributed by atoms with Crippen molar-refractivity contribution in [3.05, 3.63) is 29.8 Å². The highest BCUT2D eigenvalue weighted by Gasteiger charge is 2.24. The third kappa shape index (κ3) is 2.92. The number of rotatable bonds is 4. The number of benzene rings is 1. The quantitative estimate of drug-likeness (QED) is 0.808. The summed E-state index contributed by atoms with van der Waals surface area (Å²) in [5.41, 5.74) is 2.57. The highest BCUT2D eigenvalue weighted by atomic mass is 16.1. The van der Waals surface area contributed by atoms with Gasteiger partial charge in [-0.15, -0.1) is 0 Å². The molecular formula is C16H23NO. The third-order valence-corrected chi connectivity index (χ3v) is 3.96. The van der Waals surface area contributed by atoms with Gasteiger partial charge in [0, 0.05) is 31.1 Å². The summed E-state index contributed by atoms with van der Waals surface area (Å²) in [7, 11) is 0.